The van der Waals surface area contributed by atoms with Crippen molar-refractivity contribution in [2.75, 3.05) is 6.54 Å². The van der Waals surface area contributed by atoms with Crippen molar-refractivity contribution in [1.29, 1.82) is 0 Å². The number of carbonyl (C=O) groups excluding carboxylic acids is 3. The number of hydrogen-bond acceptors (Lipinski definition) is 4. The Morgan fingerprint density at radius 1 is 1.12 bits per heavy atom. The van der Waals surface area contributed by atoms with E-state index in [9.17, 15) is 24.3 Å². The molecule has 1 aliphatic carbocycles. The second kappa shape index (κ2) is 6.31. The Kier molecular flexibility index (Phi) is 4.32. The van der Waals surface area contributed by atoms with Crippen molar-refractivity contribution < 1.29 is 24.3 Å². The number of fused-ring (bicyclic) bond motifs is 1. The van der Waals surface area contributed by atoms with Crippen molar-refractivity contribution in [3.8, 4) is 0 Å². The maximum absolute atomic E-state index is 12.4. The molecule has 0 bridgehead atoms. The number of hydrogen-bond donors (Lipinski definition) is 2. The van der Waals surface area contributed by atoms with E-state index in [2.05, 4.69) is 5.32 Å². The van der Waals surface area contributed by atoms with Gasteiger partial charge in [-0.2, -0.15) is 0 Å². The molecule has 1 aromatic carbocycles. The van der Waals surface area contributed by atoms with Crippen LogP contribution in [-0.4, -0.2) is 45.8 Å². The standard InChI is InChI=1S/C18H20N2O5/c1-11-5-6-12-13(9-11)16(23)20(15(12)22)10-14(21)19-18(17(24)25)7-3-2-4-8-18/h5-6,9H,2-4,7-8,10H2,1H3,(H,19,21)(H,24,25). The highest BCUT2D eigenvalue weighted by atomic mass is 16.4. The molecule has 0 saturated heterocycles. The first kappa shape index (κ1) is 17.1. The molecule has 3 amide bonds. The summed E-state index contributed by atoms with van der Waals surface area (Å²) in [4.78, 5) is 49.6. The van der Waals surface area contributed by atoms with Crippen molar-refractivity contribution >= 4 is 23.7 Å². The third-order valence-corrected chi connectivity index (χ3v) is 4.92. The van der Waals surface area contributed by atoms with E-state index in [1.807, 2.05) is 6.92 Å². The number of carbonyl (C=O) groups is 4. The van der Waals surface area contributed by atoms with E-state index in [0.29, 0.717) is 12.8 Å². The molecular weight excluding hydrogens is 324 g/mol. The minimum atomic E-state index is -1.30. The van der Waals surface area contributed by atoms with Crippen molar-refractivity contribution in [2.24, 2.45) is 0 Å². The Hall–Kier alpha value is -2.70. The molecule has 0 unspecified atom stereocenters. The van der Waals surface area contributed by atoms with E-state index in [-0.39, 0.29) is 11.1 Å². The summed E-state index contributed by atoms with van der Waals surface area (Å²) in [7, 11) is 0. The molecule has 2 aliphatic rings. The highest BCUT2D eigenvalue weighted by Crippen LogP contribution is 2.29. The lowest BCUT2D eigenvalue weighted by molar-refractivity contribution is -0.149. The van der Waals surface area contributed by atoms with Gasteiger partial charge in [-0.15, -0.1) is 0 Å². The van der Waals surface area contributed by atoms with E-state index in [0.717, 1.165) is 29.7 Å². The number of imide groups is 1. The van der Waals surface area contributed by atoms with Crippen LogP contribution >= 0.6 is 0 Å². The number of rotatable bonds is 4. The molecule has 1 saturated carbocycles. The first-order valence-electron chi connectivity index (χ1n) is 8.35. The first-order valence-corrected chi connectivity index (χ1v) is 8.35. The van der Waals surface area contributed by atoms with Crippen molar-refractivity contribution in [1.82, 2.24) is 10.2 Å². The van der Waals surface area contributed by atoms with Crippen LogP contribution in [0.3, 0.4) is 0 Å². The largest absolute Gasteiger partial charge is 0.480 e. The highest BCUT2D eigenvalue weighted by molar-refractivity contribution is 6.22. The fourth-order valence-corrected chi connectivity index (χ4v) is 3.55. The molecule has 7 heteroatoms. The molecule has 1 aromatic rings. The summed E-state index contributed by atoms with van der Waals surface area (Å²) in [5.74, 6) is -2.75. The fourth-order valence-electron chi connectivity index (χ4n) is 3.55. The average Bonchev–Trinajstić information content (AvgIpc) is 2.80. The van der Waals surface area contributed by atoms with Crippen molar-refractivity contribution in [3.05, 3.63) is 34.9 Å². The second-order valence-electron chi connectivity index (χ2n) is 6.74. The van der Waals surface area contributed by atoms with Gasteiger partial charge < -0.3 is 10.4 Å². The predicted molar refractivity (Wildman–Crippen MR) is 88.1 cm³/mol. The Bertz CT molecular complexity index is 765. The first-order chi connectivity index (χ1) is 11.8. The number of nitrogens with zero attached hydrogens (tertiary/aromatic N) is 1. The number of benzene rings is 1. The minimum Gasteiger partial charge on any atom is -0.480 e. The maximum Gasteiger partial charge on any atom is 0.329 e. The predicted octanol–water partition coefficient (Wildman–Crippen LogP) is 1.49. The maximum atomic E-state index is 12.4. The van der Waals surface area contributed by atoms with E-state index in [1.54, 1.807) is 18.2 Å². The van der Waals surface area contributed by atoms with Crippen molar-refractivity contribution in [3.63, 3.8) is 0 Å². The molecular formula is C18H20N2O5. The molecule has 0 atom stereocenters. The van der Waals surface area contributed by atoms with Gasteiger partial charge in [0.25, 0.3) is 11.8 Å². The van der Waals surface area contributed by atoms with Crippen molar-refractivity contribution in [2.45, 2.75) is 44.6 Å². The fraction of sp³-hybridized carbons (Fsp3) is 0.444. The highest BCUT2D eigenvalue weighted by Gasteiger charge is 2.42. The van der Waals surface area contributed by atoms with Crippen LogP contribution in [0.15, 0.2) is 18.2 Å². The third-order valence-electron chi connectivity index (χ3n) is 4.92. The summed E-state index contributed by atoms with van der Waals surface area (Å²) in [5, 5.41) is 12.1. The number of aliphatic carboxylic acids is 1. The SMILES string of the molecule is Cc1ccc2c(c1)C(=O)N(CC(=O)NC1(C(=O)O)CCCCC1)C2=O. The molecule has 1 aliphatic heterocycles. The Balaban J connectivity index is 1.74. The zero-order chi connectivity index (χ0) is 18.2. The van der Waals surface area contributed by atoms with Crippen LogP contribution in [0, 0.1) is 6.92 Å². The summed E-state index contributed by atoms with van der Waals surface area (Å²) >= 11 is 0. The molecule has 2 N–H and O–H groups in total. The average molecular weight is 344 g/mol. The molecule has 25 heavy (non-hydrogen) atoms. The van der Waals surface area contributed by atoms with E-state index < -0.39 is 35.8 Å². The van der Waals surface area contributed by atoms with Crippen LogP contribution in [0.4, 0.5) is 0 Å². The lowest BCUT2D eigenvalue weighted by Crippen LogP contribution is -2.57. The topological polar surface area (TPSA) is 104 Å². The van der Waals surface area contributed by atoms with E-state index in [4.69, 9.17) is 0 Å². The number of amides is 3. The summed E-state index contributed by atoms with van der Waals surface area (Å²) in [6.45, 7) is 1.34. The summed E-state index contributed by atoms with van der Waals surface area (Å²) in [6, 6.07) is 4.92. The molecule has 7 nitrogen and oxygen atoms in total. The summed E-state index contributed by atoms with van der Waals surface area (Å²) in [6.07, 6.45) is 3.09. The number of carboxylic acids is 1. The van der Waals surface area contributed by atoms with Gasteiger partial charge in [-0.05, 0) is 31.9 Å². The zero-order valence-corrected chi connectivity index (χ0v) is 14.0. The van der Waals surface area contributed by atoms with Crippen LogP contribution in [0.2, 0.25) is 0 Å². The summed E-state index contributed by atoms with van der Waals surface area (Å²) < 4.78 is 0. The number of aryl methyl sites for hydroxylation is 1. The second-order valence-corrected chi connectivity index (χ2v) is 6.74. The van der Waals surface area contributed by atoms with Crippen LogP contribution in [0.5, 0.6) is 0 Å². The molecule has 3 rings (SSSR count). The van der Waals surface area contributed by atoms with Crippen LogP contribution < -0.4 is 5.32 Å². The van der Waals surface area contributed by atoms with Gasteiger partial charge in [0.15, 0.2) is 0 Å². The van der Waals surface area contributed by atoms with Gasteiger partial charge in [0.2, 0.25) is 5.91 Å². The molecule has 0 spiro atoms. The zero-order valence-electron chi connectivity index (χ0n) is 14.0. The lowest BCUT2D eigenvalue weighted by atomic mass is 9.81. The molecule has 1 heterocycles. The lowest BCUT2D eigenvalue weighted by Gasteiger charge is -2.34. The van der Waals surface area contributed by atoms with Gasteiger partial charge >= 0.3 is 5.97 Å². The Morgan fingerprint density at radius 2 is 1.76 bits per heavy atom. The van der Waals surface area contributed by atoms with Crippen LogP contribution in [0.25, 0.3) is 0 Å². The van der Waals surface area contributed by atoms with Gasteiger partial charge in [0, 0.05) is 0 Å². The number of nitrogens with one attached hydrogen (secondary N) is 1. The van der Waals surface area contributed by atoms with Gasteiger partial charge in [0.1, 0.15) is 12.1 Å². The van der Waals surface area contributed by atoms with Crippen LogP contribution in [0.1, 0.15) is 58.4 Å². The molecule has 1 fully saturated rings. The Morgan fingerprint density at radius 3 is 2.40 bits per heavy atom. The van der Waals surface area contributed by atoms with E-state index >= 15 is 0 Å². The normalized spacial score (nSPS) is 18.8. The quantitative estimate of drug-likeness (QED) is 0.806. The van der Waals surface area contributed by atoms with Crippen LogP contribution in [-0.2, 0) is 9.59 Å². The minimum absolute atomic E-state index is 0.272. The van der Waals surface area contributed by atoms with Gasteiger partial charge in [-0.3, -0.25) is 19.3 Å². The number of carboxylic acid groups (broad SMARTS) is 1. The molecule has 132 valence electrons. The monoisotopic (exact) mass is 344 g/mol. The Labute approximate surface area is 145 Å². The third kappa shape index (κ3) is 3.01. The molecule has 0 aromatic heterocycles. The van der Waals surface area contributed by atoms with Gasteiger partial charge in [-0.1, -0.05) is 30.9 Å². The summed E-state index contributed by atoms with van der Waals surface area (Å²) in [5.41, 5.74) is 0.0978. The smallest absolute Gasteiger partial charge is 0.329 e. The molecule has 0 radical (unpaired) electrons. The van der Waals surface area contributed by atoms with Gasteiger partial charge in [-0.25, -0.2) is 4.79 Å². The van der Waals surface area contributed by atoms with Gasteiger partial charge in [0.05, 0.1) is 11.1 Å². The van der Waals surface area contributed by atoms with E-state index in [1.165, 1.54) is 0 Å².